The Morgan fingerprint density at radius 2 is 2.00 bits per heavy atom. The standard InChI is InChI=1S/C22H25N5O3/c1-15-10-12-26-21(24-15)20(16-8-9-18(29-3)19(13-16)30-4)22(2,25-26)23-14-17-7-5-6-11-27(17)28/h5-13,23,25H,14H2,1-4H3. The molecule has 2 aromatic rings. The third-order valence-corrected chi connectivity index (χ3v) is 5.24. The maximum Gasteiger partial charge on any atom is 0.206 e. The molecule has 2 aliphatic heterocycles. The fourth-order valence-corrected chi connectivity index (χ4v) is 3.70. The van der Waals surface area contributed by atoms with Gasteiger partial charge in [-0.3, -0.25) is 10.3 Å². The molecular weight excluding hydrogens is 382 g/mol. The first-order valence-electron chi connectivity index (χ1n) is 9.65. The Balaban J connectivity index is 1.77. The van der Waals surface area contributed by atoms with Crippen molar-refractivity contribution in [3.63, 3.8) is 0 Å². The van der Waals surface area contributed by atoms with Gasteiger partial charge in [-0.1, -0.05) is 6.07 Å². The van der Waals surface area contributed by atoms with Crippen LogP contribution >= 0.6 is 0 Å². The molecule has 8 nitrogen and oxygen atoms in total. The van der Waals surface area contributed by atoms with Gasteiger partial charge in [-0.15, -0.1) is 0 Å². The minimum Gasteiger partial charge on any atom is -0.618 e. The molecule has 0 bridgehead atoms. The van der Waals surface area contributed by atoms with Gasteiger partial charge < -0.3 is 14.7 Å². The first kappa shape index (κ1) is 19.9. The van der Waals surface area contributed by atoms with Gasteiger partial charge in [0.2, 0.25) is 5.69 Å². The number of aromatic nitrogens is 1. The molecular formula is C22H25N5O3. The predicted molar refractivity (Wildman–Crippen MR) is 114 cm³/mol. The van der Waals surface area contributed by atoms with E-state index < -0.39 is 5.66 Å². The van der Waals surface area contributed by atoms with Gasteiger partial charge in [0.05, 0.1) is 20.8 Å². The number of benzene rings is 1. The fraction of sp³-hybridized carbons (Fsp3) is 0.273. The van der Waals surface area contributed by atoms with E-state index in [4.69, 9.17) is 14.5 Å². The van der Waals surface area contributed by atoms with E-state index in [1.807, 2.05) is 55.4 Å². The number of hydrogen-bond donors (Lipinski definition) is 2. The molecule has 30 heavy (non-hydrogen) atoms. The molecule has 156 valence electrons. The zero-order chi connectivity index (χ0) is 21.3. The van der Waals surface area contributed by atoms with Crippen LogP contribution in [-0.2, 0) is 6.54 Å². The molecule has 0 fully saturated rings. The van der Waals surface area contributed by atoms with Crippen LogP contribution in [0.4, 0.5) is 0 Å². The molecule has 0 saturated heterocycles. The zero-order valence-electron chi connectivity index (χ0n) is 17.5. The lowest BCUT2D eigenvalue weighted by Gasteiger charge is -2.30. The van der Waals surface area contributed by atoms with Crippen LogP contribution in [0, 0.1) is 5.21 Å². The highest BCUT2D eigenvalue weighted by atomic mass is 16.5. The molecule has 0 saturated carbocycles. The van der Waals surface area contributed by atoms with E-state index in [1.54, 1.807) is 26.4 Å². The summed E-state index contributed by atoms with van der Waals surface area (Å²) < 4.78 is 11.8. The molecule has 3 heterocycles. The Bertz CT molecular complexity index is 1060. The van der Waals surface area contributed by atoms with Crippen LogP contribution in [-0.4, -0.2) is 30.6 Å². The van der Waals surface area contributed by atoms with Gasteiger partial charge in [0.15, 0.2) is 23.5 Å². The highest BCUT2D eigenvalue weighted by molar-refractivity contribution is 5.95. The maximum atomic E-state index is 12.1. The smallest absolute Gasteiger partial charge is 0.206 e. The number of rotatable bonds is 6. The first-order chi connectivity index (χ1) is 14.4. The Morgan fingerprint density at radius 3 is 2.73 bits per heavy atom. The Morgan fingerprint density at radius 1 is 1.20 bits per heavy atom. The zero-order valence-corrected chi connectivity index (χ0v) is 17.5. The minimum atomic E-state index is -0.684. The SMILES string of the molecule is COc1ccc(C2=C3N=C(C)C=CN3NC2(C)NCc2cccc[n+]2[O-])cc1OC. The van der Waals surface area contributed by atoms with Gasteiger partial charge in [0.25, 0.3) is 0 Å². The Hall–Kier alpha value is -3.36. The fourth-order valence-electron chi connectivity index (χ4n) is 3.70. The monoisotopic (exact) mass is 407 g/mol. The summed E-state index contributed by atoms with van der Waals surface area (Å²) in [6, 6.07) is 11.2. The number of aliphatic imine (C=N–C) groups is 1. The van der Waals surface area contributed by atoms with E-state index in [-0.39, 0.29) is 0 Å². The molecule has 8 heteroatoms. The molecule has 1 aromatic carbocycles. The summed E-state index contributed by atoms with van der Waals surface area (Å²) >= 11 is 0. The van der Waals surface area contributed by atoms with Crippen molar-refractivity contribution in [1.82, 2.24) is 15.8 Å². The lowest BCUT2D eigenvalue weighted by molar-refractivity contribution is -0.614. The molecule has 4 rings (SSSR count). The highest BCUT2D eigenvalue weighted by Crippen LogP contribution is 2.40. The van der Waals surface area contributed by atoms with Gasteiger partial charge in [-0.25, -0.2) is 10.4 Å². The van der Waals surface area contributed by atoms with Crippen molar-refractivity contribution in [2.75, 3.05) is 14.2 Å². The molecule has 1 atom stereocenters. The van der Waals surface area contributed by atoms with Crippen molar-refractivity contribution >= 4 is 11.3 Å². The van der Waals surface area contributed by atoms with E-state index in [2.05, 4.69) is 10.7 Å². The summed E-state index contributed by atoms with van der Waals surface area (Å²) in [5.74, 6) is 2.08. The lowest BCUT2D eigenvalue weighted by Crippen LogP contribution is -2.55. The summed E-state index contributed by atoms with van der Waals surface area (Å²) in [6.07, 6.45) is 5.38. The molecule has 0 aliphatic carbocycles. The van der Waals surface area contributed by atoms with Crippen LogP contribution in [0.25, 0.3) is 5.57 Å². The number of nitrogens with zero attached hydrogens (tertiary/aromatic N) is 3. The molecule has 0 radical (unpaired) electrons. The summed E-state index contributed by atoms with van der Waals surface area (Å²) in [4.78, 5) is 4.76. The van der Waals surface area contributed by atoms with Crippen molar-refractivity contribution in [2.45, 2.75) is 26.1 Å². The van der Waals surface area contributed by atoms with Crippen LogP contribution in [0.5, 0.6) is 11.5 Å². The number of methoxy groups -OCH3 is 2. The van der Waals surface area contributed by atoms with E-state index in [0.717, 1.165) is 27.4 Å². The average Bonchev–Trinajstić information content (AvgIpc) is 3.04. The minimum absolute atomic E-state index is 0.373. The van der Waals surface area contributed by atoms with Crippen LogP contribution < -0.4 is 24.9 Å². The lowest BCUT2D eigenvalue weighted by atomic mass is 9.94. The van der Waals surface area contributed by atoms with E-state index in [0.29, 0.717) is 23.7 Å². The number of nitrogens with one attached hydrogen (secondary N) is 2. The van der Waals surface area contributed by atoms with Crippen LogP contribution in [0.2, 0.25) is 0 Å². The molecule has 1 unspecified atom stereocenters. The predicted octanol–water partition coefficient (Wildman–Crippen LogP) is 2.32. The maximum absolute atomic E-state index is 12.1. The number of ether oxygens (including phenoxy) is 2. The van der Waals surface area contributed by atoms with Gasteiger partial charge in [-0.05, 0) is 43.7 Å². The second kappa shape index (κ2) is 7.81. The van der Waals surface area contributed by atoms with Crippen molar-refractivity contribution in [1.29, 1.82) is 0 Å². The van der Waals surface area contributed by atoms with Crippen molar-refractivity contribution in [2.24, 2.45) is 4.99 Å². The first-order valence-corrected chi connectivity index (χ1v) is 9.65. The second-order valence-corrected chi connectivity index (χ2v) is 7.32. The third-order valence-electron chi connectivity index (χ3n) is 5.24. The van der Waals surface area contributed by atoms with Crippen molar-refractivity contribution < 1.29 is 14.2 Å². The molecule has 0 amide bonds. The quantitative estimate of drug-likeness (QED) is 0.565. The van der Waals surface area contributed by atoms with Gasteiger partial charge >= 0.3 is 0 Å². The average molecular weight is 407 g/mol. The molecule has 0 spiro atoms. The molecule has 2 aliphatic rings. The van der Waals surface area contributed by atoms with Crippen molar-refractivity contribution in [3.8, 4) is 11.5 Å². The highest BCUT2D eigenvalue weighted by Gasteiger charge is 2.42. The van der Waals surface area contributed by atoms with E-state index >= 15 is 0 Å². The van der Waals surface area contributed by atoms with Crippen LogP contribution in [0.1, 0.15) is 25.1 Å². The van der Waals surface area contributed by atoms with Gasteiger partial charge in [0, 0.05) is 29.6 Å². The Labute approximate surface area is 175 Å². The number of allylic oxidation sites excluding steroid dienone is 1. The topological polar surface area (TPSA) is 85.1 Å². The molecule has 2 N–H and O–H groups in total. The number of pyridine rings is 1. The van der Waals surface area contributed by atoms with Gasteiger partial charge in [-0.2, -0.15) is 4.73 Å². The summed E-state index contributed by atoms with van der Waals surface area (Å²) in [5, 5.41) is 17.5. The van der Waals surface area contributed by atoms with Crippen LogP contribution in [0.15, 0.2) is 65.7 Å². The number of hydrogen-bond acceptors (Lipinski definition) is 7. The number of fused-ring (bicyclic) bond motifs is 1. The van der Waals surface area contributed by atoms with E-state index in [9.17, 15) is 5.21 Å². The number of hydrazine groups is 1. The van der Waals surface area contributed by atoms with Crippen LogP contribution in [0.3, 0.4) is 0 Å². The normalized spacial score (nSPS) is 20.3. The molecule has 1 aromatic heterocycles. The van der Waals surface area contributed by atoms with Gasteiger partial charge in [0.1, 0.15) is 5.66 Å². The summed E-state index contributed by atoms with van der Waals surface area (Å²) in [7, 11) is 3.23. The van der Waals surface area contributed by atoms with Crippen molar-refractivity contribution in [3.05, 3.63) is 77.2 Å². The second-order valence-electron chi connectivity index (χ2n) is 7.32. The van der Waals surface area contributed by atoms with E-state index in [1.165, 1.54) is 6.20 Å². The third kappa shape index (κ3) is 3.51. The largest absolute Gasteiger partial charge is 0.618 e. The summed E-state index contributed by atoms with van der Waals surface area (Å²) in [5.41, 5.74) is 6.19. The summed E-state index contributed by atoms with van der Waals surface area (Å²) in [6.45, 7) is 4.36. The Kier molecular flexibility index (Phi) is 5.19.